The third-order valence-corrected chi connectivity index (χ3v) is 3.54. The van der Waals surface area contributed by atoms with E-state index >= 15 is 0 Å². The van der Waals surface area contributed by atoms with Crippen LogP contribution >= 0.6 is 0 Å². The topological polar surface area (TPSA) is 77.2 Å². The van der Waals surface area contributed by atoms with Crippen molar-refractivity contribution in [3.05, 3.63) is 84.4 Å². The van der Waals surface area contributed by atoms with Gasteiger partial charge in [0.25, 0.3) is 0 Å². The largest absolute Gasteiger partial charge is 0.480 e. The van der Waals surface area contributed by atoms with Crippen LogP contribution in [0.1, 0.15) is 17.2 Å². The number of hydrogen-bond acceptors (Lipinski definition) is 4. The van der Waals surface area contributed by atoms with Crippen LogP contribution in [0.3, 0.4) is 0 Å². The van der Waals surface area contributed by atoms with Crippen LogP contribution < -0.4 is 0 Å². The molecule has 126 valence electrons. The Morgan fingerprint density at radius 3 is 2.40 bits per heavy atom. The van der Waals surface area contributed by atoms with Crippen LogP contribution in [-0.2, 0) is 9.53 Å². The summed E-state index contributed by atoms with van der Waals surface area (Å²) in [5.41, 5.74) is 2.46. The first-order valence-electron chi connectivity index (χ1n) is 7.74. The molecule has 1 atom stereocenters. The molecule has 0 saturated heterocycles. The second kappa shape index (κ2) is 8.03. The van der Waals surface area contributed by atoms with Crippen LogP contribution in [0.25, 0.3) is 11.8 Å². The van der Waals surface area contributed by atoms with Crippen LogP contribution in [0.15, 0.2) is 73.3 Å². The third kappa shape index (κ3) is 4.39. The number of carboxylic acid groups (broad SMARTS) is 1. The van der Waals surface area contributed by atoms with E-state index in [1.54, 1.807) is 11.0 Å². The molecule has 1 heterocycles. The molecule has 3 rings (SSSR count). The van der Waals surface area contributed by atoms with Crippen molar-refractivity contribution in [3.63, 3.8) is 0 Å². The first-order chi connectivity index (χ1) is 12.2. The van der Waals surface area contributed by atoms with Gasteiger partial charge in [-0.2, -0.15) is 5.10 Å². The molecule has 1 unspecified atom stereocenters. The number of hydrogen-bond donors (Lipinski definition) is 1. The van der Waals surface area contributed by atoms with Gasteiger partial charge in [-0.05, 0) is 17.2 Å². The quantitative estimate of drug-likeness (QED) is 0.718. The lowest BCUT2D eigenvalue weighted by Crippen LogP contribution is -2.16. The molecule has 0 aliphatic heterocycles. The number of ether oxygens (including phenoxy) is 1. The molecule has 6 heteroatoms. The molecule has 0 amide bonds. The maximum absolute atomic E-state index is 11.0. The maximum atomic E-state index is 11.0. The average Bonchev–Trinajstić information content (AvgIpc) is 3.17. The molecule has 0 bridgehead atoms. The fourth-order valence-corrected chi connectivity index (χ4v) is 2.46. The highest BCUT2D eigenvalue weighted by Gasteiger charge is 2.21. The number of carboxylic acids is 1. The van der Waals surface area contributed by atoms with Gasteiger partial charge in [0.1, 0.15) is 25.4 Å². The maximum Gasteiger partial charge on any atom is 0.329 e. The Labute approximate surface area is 145 Å². The summed E-state index contributed by atoms with van der Waals surface area (Å²) in [6.07, 6.45) is 4.31. The summed E-state index contributed by atoms with van der Waals surface area (Å²) in [4.78, 5) is 15.0. The standard InChI is InChI=1S/C19H17N3O3/c23-18(24)12-25-19(16-9-5-2-6-10-16)17(22-14-20-13-21-22)11-15-7-3-1-4-8-15/h1-11,13-14,19H,12H2,(H,23,24)/b17-11+. The van der Waals surface area contributed by atoms with Crippen molar-refractivity contribution in [1.29, 1.82) is 0 Å². The Hall–Kier alpha value is -3.25. The molecular weight excluding hydrogens is 318 g/mol. The zero-order valence-corrected chi connectivity index (χ0v) is 13.4. The SMILES string of the molecule is O=C(O)COC(/C(=C\c1ccccc1)n1cncn1)c1ccccc1. The van der Waals surface area contributed by atoms with Crippen LogP contribution in [0.2, 0.25) is 0 Å². The van der Waals surface area contributed by atoms with Crippen molar-refractivity contribution in [2.24, 2.45) is 0 Å². The molecule has 0 spiro atoms. The molecule has 0 saturated carbocycles. The van der Waals surface area contributed by atoms with E-state index < -0.39 is 18.7 Å². The summed E-state index contributed by atoms with van der Waals surface area (Å²) in [6, 6.07) is 19.1. The van der Waals surface area contributed by atoms with Gasteiger partial charge in [0.05, 0.1) is 5.70 Å². The fraction of sp³-hybridized carbons (Fsp3) is 0.105. The van der Waals surface area contributed by atoms with E-state index in [2.05, 4.69) is 10.1 Å². The van der Waals surface area contributed by atoms with Gasteiger partial charge in [-0.1, -0.05) is 60.7 Å². The molecule has 25 heavy (non-hydrogen) atoms. The zero-order valence-electron chi connectivity index (χ0n) is 13.4. The van der Waals surface area contributed by atoms with Gasteiger partial charge in [0.15, 0.2) is 0 Å². The van der Waals surface area contributed by atoms with E-state index in [-0.39, 0.29) is 0 Å². The van der Waals surface area contributed by atoms with E-state index in [1.807, 2.05) is 66.7 Å². The van der Waals surface area contributed by atoms with Crippen LogP contribution in [0.5, 0.6) is 0 Å². The van der Waals surface area contributed by atoms with Gasteiger partial charge in [-0.25, -0.2) is 14.5 Å². The summed E-state index contributed by atoms with van der Waals surface area (Å²) in [6.45, 7) is -0.416. The molecule has 6 nitrogen and oxygen atoms in total. The predicted octanol–water partition coefficient (Wildman–Crippen LogP) is 3.12. The second-order valence-electron chi connectivity index (χ2n) is 5.32. The average molecular weight is 335 g/mol. The van der Waals surface area contributed by atoms with E-state index in [0.717, 1.165) is 11.1 Å². The van der Waals surface area contributed by atoms with E-state index in [0.29, 0.717) is 5.70 Å². The summed E-state index contributed by atoms with van der Waals surface area (Å²) in [5, 5.41) is 13.2. The lowest BCUT2D eigenvalue weighted by Gasteiger charge is -2.21. The van der Waals surface area contributed by atoms with Gasteiger partial charge in [-0.3, -0.25) is 0 Å². The Kier molecular flexibility index (Phi) is 5.33. The first-order valence-corrected chi connectivity index (χ1v) is 7.74. The monoisotopic (exact) mass is 335 g/mol. The zero-order chi connectivity index (χ0) is 17.5. The Balaban J connectivity index is 2.06. The Morgan fingerprint density at radius 1 is 1.12 bits per heavy atom. The number of nitrogens with zero attached hydrogens (tertiary/aromatic N) is 3. The summed E-state index contributed by atoms with van der Waals surface area (Å²) >= 11 is 0. The van der Waals surface area contributed by atoms with Crippen molar-refractivity contribution < 1.29 is 14.6 Å². The van der Waals surface area contributed by atoms with Crippen molar-refractivity contribution >= 4 is 17.7 Å². The Morgan fingerprint density at radius 2 is 1.80 bits per heavy atom. The highest BCUT2D eigenvalue weighted by Crippen LogP contribution is 2.30. The minimum absolute atomic E-state index is 0.416. The minimum atomic E-state index is -1.03. The lowest BCUT2D eigenvalue weighted by atomic mass is 10.0. The second-order valence-corrected chi connectivity index (χ2v) is 5.32. The number of rotatable bonds is 7. The molecule has 3 aromatic rings. The van der Waals surface area contributed by atoms with Crippen LogP contribution in [0, 0.1) is 0 Å². The van der Waals surface area contributed by atoms with Gasteiger partial charge in [0.2, 0.25) is 0 Å². The molecule has 1 aromatic heterocycles. The van der Waals surface area contributed by atoms with E-state index in [1.165, 1.54) is 6.33 Å². The van der Waals surface area contributed by atoms with Gasteiger partial charge >= 0.3 is 5.97 Å². The van der Waals surface area contributed by atoms with Gasteiger partial charge in [0, 0.05) is 0 Å². The lowest BCUT2D eigenvalue weighted by molar-refractivity contribution is -0.143. The smallest absolute Gasteiger partial charge is 0.329 e. The molecule has 1 N–H and O–H groups in total. The number of aromatic nitrogens is 3. The molecule has 0 aliphatic carbocycles. The molecule has 0 fully saturated rings. The van der Waals surface area contributed by atoms with Crippen molar-refractivity contribution in [3.8, 4) is 0 Å². The number of carbonyl (C=O) groups is 1. The summed E-state index contributed by atoms with van der Waals surface area (Å²) in [5.74, 6) is -1.03. The number of aliphatic carboxylic acids is 1. The third-order valence-electron chi connectivity index (χ3n) is 3.54. The van der Waals surface area contributed by atoms with Gasteiger partial charge in [-0.15, -0.1) is 0 Å². The molecule has 0 aliphatic rings. The minimum Gasteiger partial charge on any atom is -0.480 e. The molecule has 2 aromatic carbocycles. The van der Waals surface area contributed by atoms with Crippen molar-refractivity contribution in [2.75, 3.05) is 6.61 Å². The normalized spacial score (nSPS) is 12.7. The van der Waals surface area contributed by atoms with Crippen LogP contribution in [-0.4, -0.2) is 32.4 Å². The summed E-state index contributed by atoms with van der Waals surface area (Å²) in [7, 11) is 0. The highest BCUT2D eigenvalue weighted by atomic mass is 16.5. The van der Waals surface area contributed by atoms with E-state index in [4.69, 9.17) is 9.84 Å². The van der Waals surface area contributed by atoms with E-state index in [9.17, 15) is 4.79 Å². The Bertz CT molecular complexity index is 831. The first kappa shape index (κ1) is 16.6. The van der Waals surface area contributed by atoms with Crippen molar-refractivity contribution in [1.82, 2.24) is 14.8 Å². The van der Waals surface area contributed by atoms with Crippen LogP contribution in [0.4, 0.5) is 0 Å². The predicted molar refractivity (Wildman–Crippen MR) is 93.4 cm³/mol. The number of benzene rings is 2. The van der Waals surface area contributed by atoms with Crippen molar-refractivity contribution in [2.45, 2.75) is 6.10 Å². The molecule has 0 radical (unpaired) electrons. The fourth-order valence-electron chi connectivity index (χ4n) is 2.46. The highest BCUT2D eigenvalue weighted by molar-refractivity contribution is 5.74. The summed E-state index contributed by atoms with van der Waals surface area (Å²) < 4.78 is 7.28. The van der Waals surface area contributed by atoms with Gasteiger partial charge < -0.3 is 9.84 Å². The molecular formula is C19H17N3O3.